The van der Waals surface area contributed by atoms with Crippen molar-refractivity contribution in [1.29, 1.82) is 0 Å². The van der Waals surface area contributed by atoms with Crippen LogP contribution in [0.2, 0.25) is 0 Å². The normalized spacial score (nSPS) is 40.4. The summed E-state index contributed by atoms with van der Waals surface area (Å²) in [7, 11) is 0. The summed E-state index contributed by atoms with van der Waals surface area (Å²) >= 11 is 0. The van der Waals surface area contributed by atoms with Crippen LogP contribution < -0.4 is 0 Å². The summed E-state index contributed by atoms with van der Waals surface area (Å²) in [6.07, 6.45) is 4.28. The number of hydrogen-bond donors (Lipinski definition) is 0. The van der Waals surface area contributed by atoms with Crippen LogP contribution in [-0.4, -0.2) is 6.10 Å². The van der Waals surface area contributed by atoms with Crippen LogP contribution in [-0.2, 0) is 10.3 Å². The van der Waals surface area contributed by atoms with Crippen molar-refractivity contribution in [2.24, 2.45) is 5.92 Å². The summed E-state index contributed by atoms with van der Waals surface area (Å²) in [6, 6.07) is 10.7. The van der Waals surface area contributed by atoms with E-state index in [1.807, 2.05) is 0 Å². The van der Waals surface area contributed by atoms with Gasteiger partial charge in [-0.05, 0) is 30.7 Å². The van der Waals surface area contributed by atoms with E-state index in [-0.39, 0.29) is 5.60 Å². The van der Waals surface area contributed by atoms with Crippen molar-refractivity contribution in [2.75, 3.05) is 0 Å². The lowest BCUT2D eigenvalue weighted by molar-refractivity contribution is 0.286. The minimum Gasteiger partial charge on any atom is -0.361 e. The lowest BCUT2D eigenvalue weighted by atomic mass is 9.79. The van der Waals surface area contributed by atoms with E-state index in [1.54, 1.807) is 0 Å². The molecule has 0 N–H and O–H groups in total. The van der Waals surface area contributed by atoms with Crippen molar-refractivity contribution in [3.05, 3.63) is 35.9 Å². The number of epoxide rings is 1. The summed E-state index contributed by atoms with van der Waals surface area (Å²) in [6.45, 7) is 2.33. The van der Waals surface area contributed by atoms with Gasteiger partial charge < -0.3 is 4.74 Å². The summed E-state index contributed by atoms with van der Waals surface area (Å²) in [5.74, 6) is 0.847. The van der Waals surface area contributed by atoms with Gasteiger partial charge >= 0.3 is 0 Å². The highest BCUT2D eigenvalue weighted by Crippen LogP contribution is 2.56. The van der Waals surface area contributed by atoms with Crippen molar-refractivity contribution < 1.29 is 4.74 Å². The van der Waals surface area contributed by atoms with Gasteiger partial charge in [-0.3, -0.25) is 0 Å². The maximum atomic E-state index is 5.92. The molecule has 1 aliphatic carbocycles. The molecule has 1 nitrogen and oxygen atoms in total. The Kier molecular flexibility index (Phi) is 1.72. The molecule has 0 amide bonds. The van der Waals surface area contributed by atoms with Crippen LogP contribution in [0.15, 0.2) is 30.3 Å². The van der Waals surface area contributed by atoms with E-state index in [2.05, 4.69) is 37.3 Å². The van der Waals surface area contributed by atoms with Crippen molar-refractivity contribution >= 4 is 0 Å². The summed E-state index contributed by atoms with van der Waals surface area (Å²) < 4.78 is 5.92. The third-order valence-electron chi connectivity index (χ3n) is 3.70. The molecule has 0 spiro atoms. The minimum atomic E-state index is 0.119. The lowest BCUT2D eigenvalue weighted by Crippen LogP contribution is -2.21. The zero-order valence-corrected chi connectivity index (χ0v) is 8.57. The maximum Gasteiger partial charge on any atom is 0.120 e. The fraction of sp³-hybridized carbons (Fsp3) is 0.538. The number of fused-ring (bicyclic) bond motifs is 1. The quantitative estimate of drug-likeness (QED) is 0.617. The first-order chi connectivity index (χ1) is 6.81. The molecule has 3 atom stereocenters. The SMILES string of the molecule is CC1CCC2(c3ccccc3)OC2C1. The molecule has 14 heavy (non-hydrogen) atoms. The second kappa shape index (κ2) is 2.83. The van der Waals surface area contributed by atoms with Crippen LogP contribution in [0.4, 0.5) is 0 Å². The van der Waals surface area contributed by atoms with E-state index in [0.29, 0.717) is 6.10 Å². The molecule has 2 fully saturated rings. The van der Waals surface area contributed by atoms with Crippen LogP contribution in [0.1, 0.15) is 31.7 Å². The van der Waals surface area contributed by atoms with Gasteiger partial charge in [-0.1, -0.05) is 37.3 Å². The number of ether oxygens (including phenoxy) is 1. The second-order valence-corrected chi connectivity index (χ2v) is 4.74. The Hall–Kier alpha value is -0.820. The molecule has 74 valence electrons. The van der Waals surface area contributed by atoms with Gasteiger partial charge in [0.25, 0.3) is 0 Å². The van der Waals surface area contributed by atoms with E-state index in [0.717, 1.165) is 5.92 Å². The molecule has 3 unspecified atom stereocenters. The molecular weight excluding hydrogens is 172 g/mol. The average Bonchev–Trinajstić information content (AvgIpc) is 2.94. The van der Waals surface area contributed by atoms with Gasteiger partial charge in [0, 0.05) is 0 Å². The number of rotatable bonds is 1. The van der Waals surface area contributed by atoms with E-state index in [9.17, 15) is 0 Å². The fourth-order valence-corrected chi connectivity index (χ4v) is 2.74. The van der Waals surface area contributed by atoms with E-state index in [4.69, 9.17) is 4.74 Å². The lowest BCUT2D eigenvalue weighted by Gasteiger charge is -2.21. The van der Waals surface area contributed by atoms with Crippen LogP contribution in [0, 0.1) is 5.92 Å². The van der Waals surface area contributed by atoms with Gasteiger partial charge in [0.2, 0.25) is 0 Å². The van der Waals surface area contributed by atoms with Crippen molar-refractivity contribution in [3.63, 3.8) is 0 Å². The first-order valence-electron chi connectivity index (χ1n) is 5.54. The standard InChI is InChI=1S/C13H16O/c1-10-7-8-13(12(9-10)14-13)11-5-3-2-4-6-11/h2-6,10,12H,7-9H2,1H3. The van der Waals surface area contributed by atoms with E-state index >= 15 is 0 Å². The first kappa shape index (κ1) is 8.49. The van der Waals surface area contributed by atoms with Crippen LogP contribution in [0.3, 0.4) is 0 Å². The predicted octanol–water partition coefficient (Wildman–Crippen LogP) is 3.10. The molecule has 0 aromatic heterocycles. The minimum absolute atomic E-state index is 0.119. The molecule has 1 heteroatoms. The molecule has 0 radical (unpaired) electrons. The highest BCUT2D eigenvalue weighted by molar-refractivity contribution is 5.30. The third-order valence-corrected chi connectivity index (χ3v) is 3.70. The van der Waals surface area contributed by atoms with Crippen LogP contribution in [0.25, 0.3) is 0 Å². The third kappa shape index (κ3) is 1.12. The van der Waals surface area contributed by atoms with Gasteiger partial charge in [-0.2, -0.15) is 0 Å². The molecule has 1 heterocycles. The molecule has 1 saturated heterocycles. The number of hydrogen-bond acceptors (Lipinski definition) is 1. The van der Waals surface area contributed by atoms with Crippen molar-refractivity contribution in [2.45, 2.75) is 37.9 Å². The Labute approximate surface area is 85.1 Å². The second-order valence-electron chi connectivity index (χ2n) is 4.74. The zero-order chi connectivity index (χ0) is 9.60. The maximum absolute atomic E-state index is 5.92. The number of benzene rings is 1. The zero-order valence-electron chi connectivity index (χ0n) is 8.57. The topological polar surface area (TPSA) is 12.5 Å². The summed E-state index contributed by atoms with van der Waals surface area (Å²) in [5, 5.41) is 0. The first-order valence-corrected chi connectivity index (χ1v) is 5.54. The average molecular weight is 188 g/mol. The Morgan fingerprint density at radius 3 is 2.79 bits per heavy atom. The van der Waals surface area contributed by atoms with Crippen molar-refractivity contribution in [1.82, 2.24) is 0 Å². The molecule has 1 aliphatic heterocycles. The van der Waals surface area contributed by atoms with Gasteiger partial charge in [0.15, 0.2) is 0 Å². The molecule has 1 aromatic rings. The van der Waals surface area contributed by atoms with Crippen molar-refractivity contribution in [3.8, 4) is 0 Å². The van der Waals surface area contributed by atoms with Gasteiger partial charge in [0.05, 0.1) is 6.10 Å². The predicted molar refractivity (Wildman–Crippen MR) is 56.0 cm³/mol. The van der Waals surface area contributed by atoms with Crippen LogP contribution >= 0.6 is 0 Å². The Bertz CT molecular complexity index is 332. The molecule has 1 saturated carbocycles. The highest BCUT2D eigenvalue weighted by Gasteiger charge is 2.59. The molecule has 2 aliphatic rings. The highest BCUT2D eigenvalue weighted by atomic mass is 16.6. The molecule has 3 rings (SSSR count). The van der Waals surface area contributed by atoms with Gasteiger partial charge in [-0.15, -0.1) is 0 Å². The van der Waals surface area contributed by atoms with E-state index in [1.165, 1.54) is 24.8 Å². The largest absolute Gasteiger partial charge is 0.361 e. The Balaban J connectivity index is 1.88. The van der Waals surface area contributed by atoms with Crippen LogP contribution in [0.5, 0.6) is 0 Å². The molecule has 0 bridgehead atoms. The Morgan fingerprint density at radius 2 is 2.07 bits per heavy atom. The smallest absolute Gasteiger partial charge is 0.120 e. The van der Waals surface area contributed by atoms with Gasteiger partial charge in [0.1, 0.15) is 5.60 Å². The molecule has 1 aromatic carbocycles. The monoisotopic (exact) mass is 188 g/mol. The Morgan fingerprint density at radius 1 is 1.29 bits per heavy atom. The molecular formula is C13H16O. The van der Waals surface area contributed by atoms with E-state index < -0.39 is 0 Å². The summed E-state index contributed by atoms with van der Waals surface area (Å²) in [4.78, 5) is 0. The fourth-order valence-electron chi connectivity index (χ4n) is 2.74. The summed E-state index contributed by atoms with van der Waals surface area (Å²) in [5.41, 5.74) is 1.50. The van der Waals surface area contributed by atoms with Gasteiger partial charge in [-0.25, -0.2) is 0 Å².